The fourth-order valence-electron chi connectivity index (χ4n) is 3.45. The molecule has 6 nitrogen and oxygen atoms in total. The van der Waals surface area contributed by atoms with Gasteiger partial charge in [-0.05, 0) is 12.5 Å². The van der Waals surface area contributed by atoms with Gasteiger partial charge in [0.05, 0.1) is 19.9 Å². The van der Waals surface area contributed by atoms with Gasteiger partial charge in [0.25, 0.3) is 0 Å². The Kier molecular flexibility index (Phi) is 3.70. The number of benzene rings is 1. The van der Waals surface area contributed by atoms with Gasteiger partial charge in [-0.25, -0.2) is 0 Å². The number of aliphatic imine (C=N–C) groups is 1. The lowest BCUT2D eigenvalue weighted by Gasteiger charge is -2.42. The molecule has 0 amide bonds. The quantitative estimate of drug-likeness (QED) is 0.650. The zero-order chi connectivity index (χ0) is 15.7. The number of methoxy groups -OCH3 is 2. The summed E-state index contributed by atoms with van der Waals surface area (Å²) in [6.45, 7) is 1.26. The Balaban J connectivity index is 2.30. The van der Waals surface area contributed by atoms with E-state index >= 15 is 0 Å². The highest BCUT2D eigenvalue weighted by molar-refractivity contribution is 6.14. The molecule has 0 bridgehead atoms. The van der Waals surface area contributed by atoms with Crippen molar-refractivity contribution in [3.05, 3.63) is 29.8 Å². The SMILES string of the molecule is COC(=O)C1(C(=O)OC)c2ccccc2N=C2CCNCC21. The van der Waals surface area contributed by atoms with E-state index in [4.69, 9.17) is 9.47 Å². The van der Waals surface area contributed by atoms with Crippen LogP contribution in [0.2, 0.25) is 0 Å². The number of carbonyl (C=O) groups is 2. The number of rotatable bonds is 2. The van der Waals surface area contributed by atoms with Crippen LogP contribution in [-0.2, 0) is 24.5 Å². The number of nitrogens with zero attached hydrogens (tertiary/aromatic N) is 1. The first-order valence-electron chi connectivity index (χ1n) is 7.20. The average Bonchev–Trinajstić information content (AvgIpc) is 2.58. The van der Waals surface area contributed by atoms with E-state index in [2.05, 4.69) is 10.3 Å². The Morgan fingerprint density at radius 3 is 2.59 bits per heavy atom. The molecular formula is C16H18N2O4. The number of piperidine rings is 1. The van der Waals surface area contributed by atoms with Crippen LogP contribution in [0.25, 0.3) is 0 Å². The third-order valence-corrected chi connectivity index (χ3v) is 4.44. The highest BCUT2D eigenvalue weighted by Gasteiger charge is 2.60. The van der Waals surface area contributed by atoms with E-state index in [9.17, 15) is 9.59 Å². The van der Waals surface area contributed by atoms with E-state index in [0.717, 1.165) is 12.3 Å². The summed E-state index contributed by atoms with van der Waals surface area (Å²) >= 11 is 0. The van der Waals surface area contributed by atoms with Crippen LogP contribution in [0.5, 0.6) is 0 Å². The van der Waals surface area contributed by atoms with Crippen LogP contribution < -0.4 is 5.32 Å². The number of para-hydroxylation sites is 1. The second-order valence-corrected chi connectivity index (χ2v) is 5.42. The van der Waals surface area contributed by atoms with Crippen LogP contribution in [0.15, 0.2) is 29.3 Å². The average molecular weight is 302 g/mol. The number of hydrogen-bond acceptors (Lipinski definition) is 6. The molecule has 1 N–H and O–H groups in total. The number of hydrogen-bond donors (Lipinski definition) is 1. The van der Waals surface area contributed by atoms with Crippen molar-refractivity contribution in [1.82, 2.24) is 5.32 Å². The second-order valence-electron chi connectivity index (χ2n) is 5.42. The summed E-state index contributed by atoms with van der Waals surface area (Å²) in [4.78, 5) is 30.1. The number of nitrogens with one attached hydrogen (secondary N) is 1. The van der Waals surface area contributed by atoms with Crippen molar-refractivity contribution in [2.24, 2.45) is 10.9 Å². The molecule has 1 saturated heterocycles. The lowest BCUT2D eigenvalue weighted by molar-refractivity contribution is -0.164. The molecule has 0 aliphatic carbocycles. The lowest BCUT2D eigenvalue weighted by Crippen LogP contribution is -2.59. The van der Waals surface area contributed by atoms with Gasteiger partial charge in [-0.1, -0.05) is 18.2 Å². The van der Waals surface area contributed by atoms with Crippen LogP contribution in [0, 0.1) is 5.92 Å². The van der Waals surface area contributed by atoms with E-state index in [0.29, 0.717) is 24.2 Å². The molecule has 1 aromatic carbocycles. The maximum Gasteiger partial charge on any atom is 0.328 e. The molecular weight excluding hydrogens is 284 g/mol. The number of ether oxygens (including phenoxy) is 2. The molecule has 3 rings (SSSR count). The van der Waals surface area contributed by atoms with Gasteiger partial charge in [0.15, 0.2) is 0 Å². The first-order valence-corrected chi connectivity index (χ1v) is 7.20. The lowest BCUT2D eigenvalue weighted by atomic mass is 9.64. The zero-order valence-electron chi connectivity index (χ0n) is 12.6. The Labute approximate surface area is 128 Å². The third-order valence-electron chi connectivity index (χ3n) is 4.44. The predicted octanol–water partition coefficient (Wildman–Crippen LogP) is 0.966. The Morgan fingerprint density at radius 2 is 1.91 bits per heavy atom. The Hall–Kier alpha value is -2.21. The van der Waals surface area contributed by atoms with Gasteiger partial charge in [0, 0.05) is 30.3 Å². The van der Waals surface area contributed by atoms with Crippen LogP contribution >= 0.6 is 0 Å². The summed E-state index contributed by atoms with van der Waals surface area (Å²) in [5.41, 5.74) is 0.524. The molecule has 0 radical (unpaired) electrons. The largest absolute Gasteiger partial charge is 0.468 e. The van der Waals surface area contributed by atoms with E-state index < -0.39 is 23.3 Å². The molecule has 0 aromatic heterocycles. The first kappa shape index (κ1) is 14.7. The van der Waals surface area contributed by atoms with E-state index in [-0.39, 0.29) is 0 Å². The van der Waals surface area contributed by atoms with Crippen LogP contribution in [0.1, 0.15) is 12.0 Å². The highest BCUT2D eigenvalue weighted by Crippen LogP contribution is 2.46. The third kappa shape index (κ3) is 1.87. The molecule has 2 heterocycles. The summed E-state index contributed by atoms with van der Waals surface area (Å²) in [6, 6.07) is 7.18. The van der Waals surface area contributed by atoms with Gasteiger partial charge in [-0.3, -0.25) is 14.6 Å². The molecule has 1 atom stereocenters. The minimum atomic E-state index is -1.50. The summed E-state index contributed by atoms with van der Waals surface area (Å²) in [7, 11) is 2.58. The fourth-order valence-corrected chi connectivity index (χ4v) is 3.45. The standard InChI is InChI=1S/C16H18N2O4/c1-21-14(19)16(15(20)22-2)10-5-3-4-6-12(10)18-13-7-8-17-9-11(13)16/h3-6,11,17H,7-9H2,1-2H3. The maximum atomic E-state index is 12.7. The Bertz CT molecular complexity index is 637. The summed E-state index contributed by atoms with van der Waals surface area (Å²) in [6.07, 6.45) is 0.689. The minimum Gasteiger partial charge on any atom is -0.468 e. The van der Waals surface area contributed by atoms with Gasteiger partial charge >= 0.3 is 11.9 Å². The van der Waals surface area contributed by atoms with Gasteiger partial charge < -0.3 is 14.8 Å². The van der Waals surface area contributed by atoms with Crippen molar-refractivity contribution < 1.29 is 19.1 Å². The van der Waals surface area contributed by atoms with Gasteiger partial charge in [0.2, 0.25) is 5.41 Å². The normalized spacial score (nSPS) is 21.9. The fraction of sp³-hybridized carbons (Fsp3) is 0.438. The van der Waals surface area contributed by atoms with Gasteiger partial charge in [-0.15, -0.1) is 0 Å². The van der Waals surface area contributed by atoms with Gasteiger partial charge in [-0.2, -0.15) is 0 Å². The van der Waals surface area contributed by atoms with Crippen molar-refractivity contribution in [3.63, 3.8) is 0 Å². The van der Waals surface area contributed by atoms with Crippen LogP contribution in [-0.4, -0.2) is 45.0 Å². The van der Waals surface area contributed by atoms with Crippen molar-refractivity contribution in [2.45, 2.75) is 11.8 Å². The topological polar surface area (TPSA) is 77.0 Å². The molecule has 0 saturated carbocycles. The smallest absolute Gasteiger partial charge is 0.328 e. The molecule has 2 aliphatic heterocycles. The minimum absolute atomic E-state index is 0.393. The molecule has 116 valence electrons. The molecule has 6 heteroatoms. The predicted molar refractivity (Wildman–Crippen MR) is 80.2 cm³/mol. The molecule has 2 aliphatic rings. The van der Waals surface area contributed by atoms with Crippen LogP contribution in [0.4, 0.5) is 5.69 Å². The van der Waals surface area contributed by atoms with Crippen LogP contribution in [0.3, 0.4) is 0 Å². The summed E-state index contributed by atoms with van der Waals surface area (Å²) in [5.74, 6) is -1.60. The molecule has 1 unspecified atom stereocenters. The summed E-state index contributed by atoms with van der Waals surface area (Å²) in [5, 5.41) is 3.23. The van der Waals surface area contributed by atoms with E-state index in [1.165, 1.54) is 14.2 Å². The van der Waals surface area contributed by atoms with Crippen molar-refractivity contribution >= 4 is 23.3 Å². The van der Waals surface area contributed by atoms with Crippen molar-refractivity contribution in [1.29, 1.82) is 0 Å². The first-order chi connectivity index (χ1) is 10.7. The maximum absolute atomic E-state index is 12.7. The summed E-state index contributed by atoms with van der Waals surface area (Å²) < 4.78 is 10.00. The van der Waals surface area contributed by atoms with Gasteiger partial charge in [0.1, 0.15) is 0 Å². The molecule has 1 aromatic rings. The molecule has 22 heavy (non-hydrogen) atoms. The number of carbonyl (C=O) groups excluding carboxylic acids is 2. The van der Waals surface area contributed by atoms with E-state index in [1.54, 1.807) is 18.2 Å². The second kappa shape index (κ2) is 5.53. The zero-order valence-corrected chi connectivity index (χ0v) is 12.6. The number of fused-ring (bicyclic) bond motifs is 2. The van der Waals surface area contributed by atoms with Crippen molar-refractivity contribution in [3.8, 4) is 0 Å². The highest BCUT2D eigenvalue weighted by atomic mass is 16.5. The Morgan fingerprint density at radius 1 is 1.23 bits per heavy atom. The monoisotopic (exact) mass is 302 g/mol. The van der Waals surface area contributed by atoms with Crippen molar-refractivity contribution in [2.75, 3.05) is 27.3 Å². The molecule has 1 fully saturated rings. The molecule has 0 spiro atoms. The number of esters is 2. The van der Waals surface area contributed by atoms with E-state index in [1.807, 2.05) is 6.07 Å².